The molecule has 0 nitrogen and oxygen atoms in total. The van der Waals surface area contributed by atoms with E-state index in [0.717, 1.165) is 11.6 Å². The third-order valence-electron chi connectivity index (χ3n) is 7.72. The molecule has 0 fully saturated rings. The Morgan fingerprint density at radius 3 is 1.28 bits per heavy atom. The van der Waals surface area contributed by atoms with Crippen molar-refractivity contribution >= 4 is 7.26 Å². The second-order valence-electron chi connectivity index (χ2n) is 10.5. The molecule has 0 aromatic carbocycles. The van der Waals surface area contributed by atoms with E-state index in [4.69, 9.17) is 0 Å². The van der Waals surface area contributed by atoms with E-state index in [9.17, 15) is 0 Å². The van der Waals surface area contributed by atoms with Crippen LogP contribution < -0.4 is 0 Å². The van der Waals surface area contributed by atoms with E-state index in [0.29, 0.717) is 0 Å². The predicted molar refractivity (Wildman–Crippen MR) is 143 cm³/mol. The van der Waals surface area contributed by atoms with Gasteiger partial charge in [0.2, 0.25) is 0 Å². The van der Waals surface area contributed by atoms with E-state index >= 15 is 0 Å². The Labute approximate surface area is 188 Å². The quantitative estimate of drug-likeness (QED) is 0.119. The molecule has 0 N–H and O–H groups in total. The van der Waals surface area contributed by atoms with Crippen LogP contribution in [0.1, 0.15) is 151 Å². The minimum absolute atomic E-state index is 0.906. The molecule has 0 rings (SSSR count). The van der Waals surface area contributed by atoms with Gasteiger partial charge in [-0.3, -0.25) is 0 Å². The topological polar surface area (TPSA) is 0 Å². The van der Waals surface area contributed by atoms with Crippen molar-refractivity contribution in [2.45, 2.75) is 156 Å². The first kappa shape index (κ1) is 29.4. The first-order valence-electron chi connectivity index (χ1n) is 14.1. The van der Waals surface area contributed by atoms with Crippen molar-refractivity contribution in [3.8, 4) is 0 Å². The number of unbranched alkanes of at least 4 members (excludes halogenated alkanes) is 13. The zero-order chi connectivity index (χ0) is 21.8. The van der Waals surface area contributed by atoms with Crippen molar-refractivity contribution in [1.29, 1.82) is 0 Å². The van der Waals surface area contributed by atoms with Crippen molar-refractivity contribution in [2.75, 3.05) is 18.5 Å². The molecule has 1 heteroatoms. The molecule has 0 radical (unpaired) electrons. The fourth-order valence-electron chi connectivity index (χ4n) is 5.76. The maximum absolute atomic E-state index is 2.58. The van der Waals surface area contributed by atoms with Gasteiger partial charge in [0, 0.05) is 0 Å². The first-order valence-corrected chi connectivity index (χ1v) is 16.8. The number of hydrogen-bond donors (Lipinski definition) is 0. The van der Waals surface area contributed by atoms with Crippen LogP contribution in [0.4, 0.5) is 0 Å². The Kier molecular flexibility index (Phi) is 20.6. The monoisotopic (exact) mass is 428 g/mol. The summed E-state index contributed by atoms with van der Waals surface area (Å²) in [4.78, 5) is 0. The van der Waals surface area contributed by atoms with Crippen LogP contribution in [0.2, 0.25) is 0 Å². The van der Waals surface area contributed by atoms with E-state index in [1.54, 1.807) is 31.3 Å². The summed E-state index contributed by atoms with van der Waals surface area (Å²) in [6, 6.07) is 0. The minimum atomic E-state index is -1.15. The summed E-state index contributed by atoms with van der Waals surface area (Å²) in [7, 11) is -1.15. The summed E-state index contributed by atoms with van der Waals surface area (Å²) in [6.07, 6.45) is 29.8. The molecule has 0 aromatic heterocycles. The van der Waals surface area contributed by atoms with Crippen LogP contribution >= 0.6 is 7.26 Å². The van der Waals surface area contributed by atoms with Gasteiger partial charge in [-0.1, -0.05) is 0 Å². The van der Waals surface area contributed by atoms with Crippen LogP contribution in [0.25, 0.3) is 0 Å². The van der Waals surface area contributed by atoms with Crippen LogP contribution in [0, 0.1) is 5.92 Å². The third-order valence-corrected chi connectivity index (χ3v) is 14.4. The molecule has 0 aliphatic carbocycles. The van der Waals surface area contributed by atoms with E-state index in [1.807, 2.05) is 0 Å². The molecule has 29 heavy (non-hydrogen) atoms. The molecule has 1 unspecified atom stereocenters. The second kappa shape index (κ2) is 20.3. The summed E-state index contributed by atoms with van der Waals surface area (Å²) in [5.74, 6) is 0.906. The van der Waals surface area contributed by atoms with Gasteiger partial charge in [0.05, 0.1) is 0 Å². The van der Waals surface area contributed by atoms with Gasteiger partial charge in [0.25, 0.3) is 0 Å². The van der Waals surface area contributed by atoms with E-state index in [1.165, 1.54) is 96.3 Å². The van der Waals surface area contributed by atoms with Crippen LogP contribution in [-0.2, 0) is 0 Å². The van der Waals surface area contributed by atoms with Gasteiger partial charge in [-0.25, -0.2) is 0 Å². The standard InChI is InChI=1S/C28H61P/c1-7-11-14-17-18-19-20-23-26-29(10-4,25-22-16-13-9-3)28(27(5)6)24-21-15-12-8-2/h27-29H,7-26H2,1-6H3. The summed E-state index contributed by atoms with van der Waals surface area (Å²) < 4.78 is 0. The SMILES string of the molecule is CCCCCCCCCC[PH](CC)(CCCCCC)C(CCCCCC)C(C)C. The molecule has 0 spiro atoms. The molecule has 1 atom stereocenters. The van der Waals surface area contributed by atoms with Crippen LogP contribution in [-0.4, -0.2) is 24.1 Å². The molecule has 0 aliphatic rings. The van der Waals surface area contributed by atoms with Gasteiger partial charge in [-0.15, -0.1) is 0 Å². The Bertz CT molecular complexity index is 324. The van der Waals surface area contributed by atoms with Gasteiger partial charge in [0.15, 0.2) is 0 Å². The van der Waals surface area contributed by atoms with E-state index in [2.05, 4.69) is 41.5 Å². The molecular formula is C28H61P. The van der Waals surface area contributed by atoms with Gasteiger partial charge in [-0.05, 0) is 0 Å². The van der Waals surface area contributed by atoms with Gasteiger partial charge >= 0.3 is 188 Å². The normalized spacial score (nSPS) is 13.9. The van der Waals surface area contributed by atoms with Crippen molar-refractivity contribution < 1.29 is 0 Å². The Hall–Kier alpha value is 0.430. The fraction of sp³-hybridized carbons (Fsp3) is 1.00. The van der Waals surface area contributed by atoms with E-state index in [-0.39, 0.29) is 0 Å². The van der Waals surface area contributed by atoms with Crippen molar-refractivity contribution in [1.82, 2.24) is 0 Å². The third kappa shape index (κ3) is 14.2. The second-order valence-corrected chi connectivity index (χ2v) is 15.6. The van der Waals surface area contributed by atoms with Gasteiger partial charge in [-0.2, -0.15) is 0 Å². The first-order chi connectivity index (χ1) is 14.1. The molecule has 0 bridgehead atoms. The van der Waals surface area contributed by atoms with Crippen LogP contribution in [0.3, 0.4) is 0 Å². The zero-order valence-electron chi connectivity index (χ0n) is 21.8. The van der Waals surface area contributed by atoms with E-state index < -0.39 is 7.26 Å². The summed E-state index contributed by atoms with van der Waals surface area (Å²) in [5, 5.41) is 0. The maximum atomic E-state index is 2.58. The van der Waals surface area contributed by atoms with Gasteiger partial charge in [0.1, 0.15) is 0 Å². The van der Waals surface area contributed by atoms with Crippen molar-refractivity contribution in [3.05, 3.63) is 0 Å². The van der Waals surface area contributed by atoms with Crippen LogP contribution in [0.5, 0.6) is 0 Å². The number of hydrogen-bond acceptors (Lipinski definition) is 0. The van der Waals surface area contributed by atoms with Crippen molar-refractivity contribution in [2.24, 2.45) is 5.92 Å². The molecule has 0 aromatic rings. The molecular weight excluding hydrogens is 367 g/mol. The Morgan fingerprint density at radius 1 is 0.483 bits per heavy atom. The zero-order valence-corrected chi connectivity index (χ0v) is 22.8. The summed E-state index contributed by atoms with van der Waals surface area (Å²) >= 11 is 0. The fourth-order valence-corrected chi connectivity index (χ4v) is 12.1. The Morgan fingerprint density at radius 2 is 0.862 bits per heavy atom. The number of rotatable bonds is 22. The molecule has 0 amide bonds. The van der Waals surface area contributed by atoms with Crippen LogP contribution in [0.15, 0.2) is 0 Å². The molecule has 0 saturated carbocycles. The van der Waals surface area contributed by atoms with Gasteiger partial charge < -0.3 is 0 Å². The molecule has 0 aliphatic heterocycles. The van der Waals surface area contributed by atoms with Crippen molar-refractivity contribution in [3.63, 3.8) is 0 Å². The Balaban J connectivity index is 4.76. The summed E-state index contributed by atoms with van der Waals surface area (Å²) in [5.41, 5.74) is 1.08. The average molecular weight is 429 g/mol. The average Bonchev–Trinajstić information content (AvgIpc) is 2.72. The predicted octanol–water partition coefficient (Wildman–Crippen LogP) is 10.5. The molecule has 0 saturated heterocycles. The summed E-state index contributed by atoms with van der Waals surface area (Å²) in [6.45, 7) is 14.7. The molecule has 178 valence electrons. The molecule has 0 heterocycles.